The van der Waals surface area contributed by atoms with E-state index in [0.717, 1.165) is 16.8 Å². The molecule has 3 rings (SSSR count). The van der Waals surface area contributed by atoms with Gasteiger partial charge in [0.05, 0.1) is 34.6 Å². The highest BCUT2D eigenvalue weighted by Gasteiger charge is 2.10. The smallest absolute Gasteiger partial charge is 0.271 e. The van der Waals surface area contributed by atoms with Gasteiger partial charge in [0.25, 0.3) is 5.69 Å². The standard InChI is InChI=1S/C13H12N6O2/c14-17-10-3-4-15-11(5-10)8-18-13-6-12(19(20)21)2-1-9(13)7-16-18/h1-7H,8,14H2,(H,15,17). The molecule has 2 heterocycles. The number of fused-ring (bicyclic) bond motifs is 1. The maximum Gasteiger partial charge on any atom is 0.271 e. The number of nitrogens with zero attached hydrogens (tertiary/aromatic N) is 4. The maximum atomic E-state index is 10.9. The number of anilines is 1. The van der Waals surface area contributed by atoms with Crippen molar-refractivity contribution in [3.63, 3.8) is 0 Å². The summed E-state index contributed by atoms with van der Waals surface area (Å²) in [6, 6.07) is 8.20. The summed E-state index contributed by atoms with van der Waals surface area (Å²) >= 11 is 0. The van der Waals surface area contributed by atoms with Gasteiger partial charge < -0.3 is 5.43 Å². The number of aromatic nitrogens is 3. The first-order valence-corrected chi connectivity index (χ1v) is 6.19. The average molecular weight is 284 g/mol. The van der Waals surface area contributed by atoms with Crippen LogP contribution in [0.25, 0.3) is 10.9 Å². The van der Waals surface area contributed by atoms with Crippen LogP contribution in [0.5, 0.6) is 0 Å². The van der Waals surface area contributed by atoms with Crippen molar-refractivity contribution in [2.75, 3.05) is 5.43 Å². The Hall–Kier alpha value is -3.00. The molecule has 0 bridgehead atoms. The molecule has 0 aliphatic carbocycles. The zero-order valence-electron chi connectivity index (χ0n) is 10.9. The van der Waals surface area contributed by atoms with E-state index in [1.54, 1.807) is 35.3 Å². The first-order chi connectivity index (χ1) is 10.2. The van der Waals surface area contributed by atoms with Crippen molar-refractivity contribution in [3.8, 4) is 0 Å². The Morgan fingerprint density at radius 1 is 1.33 bits per heavy atom. The van der Waals surface area contributed by atoms with Gasteiger partial charge in [-0.05, 0) is 18.2 Å². The monoisotopic (exact) mass is 284 g/mol. The average Bonchev–Trinajstić information content (AvgIpc) is 2.90. The number of rotatable bonds is 4. The van der Waals surface area contributed by atoms with Crippen LogP contribution in [0.15, 0.2) is 42.7 Å². The molecule has 0 aliphatic rings. The van der Waals surface area contributed by atoms with E-state index in [1.165, 1.54) is 12.1 Å². The predicted molar refractivity (Wildman–Crippen MR) is 77.5 cm³/mol. The Labute approximate surface area is 119 Å². The number of pyridine rings is 1. The number of hydrazine groups is 1. The quantitative estimate of drug-likeness (QED) is 0.428. The lowest BCUT2D eigenvalue weighted by Gasteiger charge is -2.05. The van der Waals surface area contributed by atoms with E-state index in [-0.39, 0.29) is 5.69 Å². The lowest BCUT2D eigenvalue weighted by Crippen LogP contribution is -2.09. The molecule has 0 atom stereocenters. The number of non-ortho nitro benzene ring substituents is 1. The number of nitrogens with one attached hydrogen (secondary N) is 1. The first kappa shape index (κ1) is 13.0. The van der Waals surface area contributed by atoms with Gasteiger partial charge in [0.1, 0.15) is 0 Å². The van der Waals surface area contributed by atoms with Gasteiger partial charge in [-0.3, -0.25) is 25.6 Å². The summed E-state index contributed by atoms with van der Waals surface area (Å²) in [5.74, 6) is 5.36. The van der Waals surface area contributed by atoms with E-state index in [1.807, 2.05) is 0 Å². The number of benzene rings is 1. The fourth-order valence-corrected chi connectivity index (χ4v) is 2.11. The van der Waals surface area contributed by atoms with Gasteiger partial charge in [-0.25, -0.2) is 0 Å². The molecule has 0 saturated heterocycles. The maximum absolute atomic E-state index is 10.9. The summed E-state index contributed by atoms with van der Waals surface area (Å²) < 4.78 is 1.67. The highest BCUT2D eigenvalue weighted by molar-refractivity contribution is 5.81. The molecule has 0 amide bonds. The molecule has 106 valence electrons. The van der Waals surface area contributed by atoms with Crippen LogP contribution in [0.3, 0.4) is 0 Å². The van der Waals surface area contributed by atoms with E-state index >= 15 is 0 Å². The Morgan fingerprint density at radius 2 is 2.19 bits per heavy atom. The summed E-state index contributed by atoms with van der Waals surface area (Å²) in [6.07, 6.45) is 3.31. The Balaban J connectivity index is 1.99. The highest BCUT2D eigenvalue weighted by atomic mass is 16.6. The SMILES string of the molecule is NNc1ccnc(Cn2ncc3ccc([N+](=O)[O-])cc32)c1. The molecule has 0 radical (unpaired) electrons. The van der Waals surface area contributed by atoms with Crippen molar-refractivity contribution >= 4 is 22.3 Å². The molecule has 21 heavy (non-hydrogen) atoms. The largest absolute Gasteiger partial charge is 0.324 e. The zero-order chi connectivity index (χ0) is 14.8. The van der Waals surface area contributed by atoms with Crippen LogP contribution in [-0.2, 0) is 6.54 Å². The molecule has 0 fully saturated rings. The predicted octanol–water partition coefficient (Wildman–Crippen LogP) is 1.67. The minimum Gasteiger partial charge on any atom is -0.324 e. The third-order valence-electron chi connectivity index (χ3n) is 3.13. The van der Waals surface area contributed by atoms with Crippen molar-refractivity contribution in [1.29, 1.82) is 0 Å². The van der Waals surface area contributed by atoms with Gasteiger partial charge >= 0.3 is 0 Å². The minimum atomic E-state index is -0.423. The second-order valence-corrected chi connectivity index (χ2v) is 4.48. The van der Waals surface area contributed by atoms with Crippen LogP contribution >= 0.6 is 0 Å². The fourth-order valence-electron chi connectivity index (χ4n) is 2.11. The summed E-state index contributed by atoms with van der Waals surface area (Å²) in [5.41, 5.74) is 4.77. The zero-order valence-corrected chi connectivity index (χ0v) is 10.9. The number of nitrogens with two attached hydrogens (primary N) is 1. The molecule has 8 nitrogen and oxygen atoms in total. The van der Waals surface area contributed by atoms with E-state index in [0.29, 0.717) is 12.1 Å². The van der Waals surface area contributed by atoms with Crippen LogP contribution < -0.4 is 11.3 Å². The van der Waals surface area contributed by atoms with Gasteiger partial charge in [0.2, 0.25) is 0 Å². The van der Waals surface area contributed by atoms with Gasteiger partial charge in [-0.15, -0.1) is 0 Å². The summed E-state index contributed by atoms with van der Waals surface area (Å²) in [6.45, 7) is 0.403. The summed E-state index contributed by atoms with van der Waals surface area (Å²) in [4.78, 5) is 14.7. The van der Waals surface area contributed by atoms with Crippen molar-refractivity contribution in [1.82, 2.24) is 14.8 Å². The van der Waals surface area contributed by atoms with E-state index in [2.05, 4.69) is 15.5 Å². The molecule has 3 aromatic rings. The third kappa shape index (κ3) is 2.51. The Bertz CT molecular complexity index is 813. The van der Waals surface area contributed by atoms with Crippen LogP contribution in [0.2, 0.25) is 0 Å². The normalized spacial score (nSPS) is 10.7. The Morgan fingerprint density at radius 3 is 2.95 bits per heavy atom. The molecule has 0 spiro atoms. The third-order valence-corrected chi connectivity index (χ3v) is 3.13. The molecule has 3 N–H and O–H groups in total. The number of hydrogen-bond donors (Lipinski definition) is 2. The van der Waals surface area contributed by atoms with Crippen molar-refractivity contribution in [2.24, 2.45) is 5.84 Å². The van der Waals surface area contributed by atoms with Crippen LogP contribution in [0.4, 0.5) is 11.4 Å². The van der Waals surface area contributed by atoms with Gasteiger partial charge in [-0.2, -0.15) is 5.10 Å². The van der Waals surface area contributed by atoms with Gasteiger partial charge in [0.15, 0.2) is 0 Å². The minimum absolute atomic E-state index is 0.0367. The van der Waals surface area contributed by atoms with Crippen molar-refractivity contribution in [3.05, 3.63) is 58.5 Å². The van der Waals surface area contributed by atoms with Crippen LogP contribution in [-0.4, -0.2) is 19.7 Å². The number of hydrogen-bond acceptors (Lipinski definition) is 6. The Kier molecular flexibility index (Phi) is 3.20. The molecule has 0 unspecified atom stereocenters. The molecular formula is C13H12N6O2. The highest BCUT2D eigenvalue weighted by Crippen LogP contribution is 2.21. The number of nitrogen functional groups attached to an aromatic ring is 1. The van der Waals surface area contributed by atoms with Crippen LogP contribution in [0, 0.1) is 10.1 Å². The molecule has 0 aliphatic heterocycles. The van der Waals surface area contributed by atoms with Gasteiger partial charge in [0, 0.05) is 23.7 Å². The molecule has 0 saturated carbocycles. The first-order valence-electron chi connectivity index (χ1n) is 6.19. The second-order valence-electron chi connectivity index (χ2n) is 4.48. The van der Waals surface area contributed by atoms with Gasteiger partial charge in [-0.1, -0.05) is 0 Å². The topological polar surface area (TPSA) is 112 Å². The number of nitro groups is 1. The number of nitro benzene ring substituents is 1. The lowest BCUT2D eigenvalue weighted by molar-refractivity contribution is -0.384. The summed E-state index contributed by atoms with van der Waals surface area (Å²) in [5, 5.41) is 16.0. The fraction of sp³-hybridized carbons (Fsp3) is 0.0769. The molecule has 1 aromatic carbocycles. The summed E-state index contributed by atoms with van der Waals surface area (Å²) in [7, 11) is 0. The second kappa shape index (κ2) is 5.17. The van der Waals surface area contributed by atoms with E-state index in [4.69, 9.17) is 5.84 Å². The lowest BCUT2D eigenvalue weighted by atomic mass is 10.2. The molecule has 2 aromatic heterocycles. The molecular weight excluding hydrogens is 272 g/mol. The van der Waals surface area contributed by atoms with Crippen molar-refractivity contribution < 1.29 is 4.92 Å². The van der Waals surface area contributed by atoms with Crippen molar-refractivity contribution in [2.45, 2.75) is 6.54 Å². The van der Waals surface area contributed by atoms with E-state index in [9.17, 15) is 10.1 Å². The van der Waals surface area contributed by atoms with E-state index < -0.39 is 4.92 Å². The molecule has 8 heteroatoms. The van der Waals surface area contributed by atoms with Crippen LogP contribution in [0.1, 0.15) is 5.69 Å².